The molecule has 0 radical (unpaired) electrons. The van der Waals surface area contributed by atoms with E-state index >= 15 is 0 Å². The Morgan fingerprint density at radius 1 is 1.61 bits per heavy atom. The van der Waals surface area contributed by atoms with E-state index in [0.29, 0.717) is 19.6 Å². The van der Waals surface area contributed by atoms with Gasteiger partial charge in [-0.2, -0.15) is 0 Å². The highest BCUT2D eigenvalue weighted by atomic mass is 16.5. The highest BCUT2D eigenvalue weighted by molar-refractivity contribution is 5.76. The van der Waals surface area contributed by atoms with Crippen molar-refractivity contribution < 1.29 is 9.53 Å². The van der Waals surface area contributed by atoms with Crippen molar-refractivity contribution in [3.63, 3.8) is 0 Å². The monoisotopic (exact) mass is 250 g/mol. The van der Waals surface area contributed by atoms with E-state index in [1.807, 2.05) is 16.5 Å². The van der Waals surface area contributed by atoms with Crippen molar-refractivity contribution in [2.24, 2.45) is 0 Å². The quantitative estimate of drug-likeness (QED) is 0.777. The van der Waals surface area contributed by atoms with Gasteiger partial charge in [0, 0.05) is 19.5 Å². The number of fused-ring (bicyclic) bond motifs is 3. The number of piperidine rings is 1. The molecule has 0 unspecified atom stereocenters. The van der Waals surface area contributed by atoms with Gasteiger partial charge in [0.1, 0.15) is 0 Å². The largest absolute Gasteiger partial charge is 0.370 e. The summed E-state index contributed by atoms with van der Waals surface area (Å²) < 4.78 is 7.75. The molecule has 1 saturated heterocycles. The van der Waals surface area contributed by atoms with Crippen LogP contribution in [0.2, 0.25) is 0 Å². The van der Waals surface area contributed by atoms with Crippen LogP contribution in [-0.4, -0.2) is 45.0 Å². The first-order valence-electron chi connectivity index (χ1n) is 6.58. The molecule has 0 saturated carbocycles. The summed E-state index contributed by atoms with van der Waals surface area (Å²) in [7, 11) is 0. The second kappa shape index (κ2) is 4.68. The Hall–Kier alpha value is -1.43. The number of likely N-dealkylation sites (tertiary alicyclic amines) is 1. The molecule has 0 spiro atoms. The molecule has 98 valence electrons. The lowest BCUT2D eigenvalue weighted by molar-refractivity contribution is -0.138. The molecular formula is C12H18N4O2. The Kier molecular flexibility index (Phi) is 3.03. The van der Waals surface area contributed by atoms with E-state index in [1.54, 1.807) is 6.20 Å². The van der Waals surface area contributed by atoms with Crippen LogP contribution in [0.4, 0.5) is 0 Å². The normalized spacial score (nSPS) is 26.6. The molecule has 2 aliphatic heterocycles. The molecule has 0 aromatic carbocycles. The first-order chi connectivity index (χ1) is 8.79. The first kappa shape index (κ1) is 11.6. The fourth-order valence-electron chi connectivity index (χ4n) is 2.78. The van der Waals surface area contributed by atoms with Crippen LogP contribution in [0.5, 0.6) is 0 Å². The number of carbonyl (C=O) groups excluding carboxylic acids is 1. The van der Waals surface area contributed by atoms with Gasteiger partial charge in [0.2, 0.25) is 5.91 Å². The fourth-order valence-corrected chi connectivity index (χ4v) is 2.78. The number of hydrogen-bond donors (Lipinski definition) is 0. The number of ether oxygens (including phenoxy) is 1. The third-order valence-corrected chi connectivity index (χ3v) is 3.75. The standard InChI is InChI=1S/C12H18N4O2/c1-2-3-12(17)15-5-4-11-10(7-15)16-9(8-18-11)6-13-14-16/h6,10-11H,2-5,7-8H2,1H3/t10-,11+/m0/s1. The van der Waals surface area contributed by atoms with E-state index in [1.165, 1.54) is 0 Å². The van der Waals surface area contributed by atoms with Gasteiger partial charge in [-0.15, -0.1) is 5.10 Å². The van der Waals surface area contributed by atoms with Crippen molar-refractivity contribution in [2.75, 3.05) is 13.1 Å². The van der Waals surface area contributed by atoms with Crippen molar-refractivity contribution in [1.29, 1.82) is 0 Å². The van der Waals surface area contributed by atoms with Gasteiger partial charge in [-0.05, 0) is 12.8 Å². The minimum atomic E-state index is 0.130. The summed E-state index contributed by atoms with van der Waals surface area (Å²) in [5, 5.41) is 8.06. The molecule has 3 rings (SSSR count). The van der Waals surface area contributed by atoms with Crippen LogP contribution in [0.15, 0.2) is 6.20 Å². The summed E-state index contributed by atoms with van der Waals surface area (Å²) in [4.78, 5) is 13.9. The zero-order valence-corrected chi connectivity index (χ0v) is 10.6. The first-order valence-corrected chi connectivity index (χ1v) is 6.58. The predicted molar refractivity (Wildman–Crippen MR) is 63.7 cm³/mol. The average molecular weight is 250 g/mol. The second-order valence-electron chi connectivity index (χ2n) is 4.97. The second-order valence-corrected chi connectivity index (χ2v) is 4.97. The van der Waals surface area contributed by atoms with E-state index in [9.17, 15) is 4.79 Å². The van der Waals surface area contributed by atoms with Crippen LogP contribution >= 0.6 is 0 Å². The lowest BCUT2D eigenvalue weighted by atomic mass is 10.00. The number of amides is 1. The van der Waals surface area contributed by atoms with Gasteiger partial charge in [0.05, 0.1) is 30.6 Å². The maximum atomic E-state index is 12.0. The van der Waals surface area contributed by atoms with E-state index < -0.39 is 0 Å². The topological polar surface area (TPSA) is 60.3 Å². The average Bonchev–Trinajstić information content (AvgIpc) is 2.87. The molecule has 1 aromatic heterocycles. The predicted octanol–water partition coefficient (Wildman–Crippen LogP) is 0.750. The molecule has 1 amide bonds. The molecule has 2 aliphatic rings. The van der Waals surface area contributed by atoms with Crippen molar-refractivity contribution in [3.05, 3.63) is 11.9 Å². The van der Waals surface area contributed by atoms with E-state index in [2.05, 4.69) is 10.3 Å². The molecule has 1 fully saturated rings. The molecule has 0 bridgehead atoms. The van der Waals surface area contributed by atoms with Gasteiger partial charge >= 0.3 is 0 Å². The Labute approximate surface area is 106 Å². The van der Waals surface area contributed by atoms with E-state index in [-0.39, 0.29) is 18.1 Å². The lowest BCUT2D eigenvalue weighted by Crippen LogP contribution is -2.49. The number of rotatable bonds is 2. The van der Waals surface area contributed by atoms with Crippen LogP contribution in [-0.2, 0) is 16.1 Å². The Morgan fingerprint density at radius 3 is 3.33 bits per heavy atom. The molecule has 1 aromatic rings. The zero-order chi connectivity index (χ0) is 12.5. The summed E-state index contributed by atoms with van der Waals surface area (Å²) >= 11 is 0. The summed E-state index contributed by atoms with van der Waals surface area (Å²) in [5.74, 6) is 0.239. The van der Waals surface area contributed by atoms with Gasteiger partial charge < -0.3 is 9.64 Å². The van der Waals surface area contributed by atoms with Crippen molar-refractivity contribution in [1.82, 2.24) is 19.9 Å². The molecule has 6 nitrogen and oxygen atoms in total. The van der Waals surface area contributed by atoms with Gasteiger partial charge in [0.25, 0.3) is 0 Å². The molecule has 0 N–H and O–H groups in total. The van der Waals surface area contributed by atoms with Gasteiger partial charge in [-0.25, -0.2) is 4.68 Å². The highest BCUT2D eigenvalue weighted by Crippen LogP contribution is 2.30. The minimum absolute atomic E-state index is 0.130. The van der Waals surface area contributed by atoms with Crippen LogP contribution in [0, 0.1) is 0 Å². The molecule has 0 aliphatic carbocycles. The maximum absolute atomic E-state index is 12.0. The maximum Gasteiger partial charge on any atom is 0.222 e. The molecule has 3 heterocycles. The molecular weight excluding hydrogens is 232 g/mol. The third kappa shape index (κ3) is 1.90. The molecule has 18 heavy (non-hydrogen) atoms. The van der Waals surface area contributed by atoms with Crippen molar-refractivity contribution >= 4 is 5.91 Å². The van der Waals surface area contributed by atoms with Crippen LogP contribution in [0.3, 0.4) is 0 Å². The lowest BCUT2D eigenvalue weighted by Gasteiger charge is -2.41. The number of hydrogen-bond acceptors (Lipinski definition) is 4. The van der Waals surface area contributed by atoms with E-state index in [4.69, 9.17) is 4.74 Å². The van der Waals surface area contributed by atoms with Gasteiger partial charge in [-0.1, -0.05) is 12.1 Å². The minimum Gasteiger partial charge on any atom is -0.370 e. The Balaban J connectivity index is 1.77. The van der Waals surface area contributed by atoms with Gasteiger partial charge in [0.15, 0.2) is 0 Å². The summed E-state index contributed by atoms with van der Waals surface area (Å²) in [6.07, 6.45) is 4.32. The summed E-state index contributed by atoms with van der Waals surface area (Å²) in [6.45, 7) is 4.10. The number of aromatic nitrogens is 3. The number of nitrogens with zero attached hydrogens (tertiary/aromatic N) is 4. The highest BCUT2D eigenvalue weighted by Gasteiger charge is 2.37. The smallest absolute Gasteiger partial charge is 0.222 e. The number of carbonyl (C=O) groups is 1. The fraction of sp³-hybridized carbons (Fsp3) is 0.750. The van der Waals surface area contributed by atoms with Crippen LogP contribution in [0.1, 0.15) is 37.9 Å². The van der Waals surface area contributed by atoms with Crippen LogP contribution < -0.4 is 0 Å². The third-order valence-electron chi connectivity index (χ3n) is 3.75. The van der Waals surface area contributed by atoms with Gasteiger partial charge in [-0.3, -0.25) is 4.79 Å². The van der Waals surface area contributed by atoms with Crippen LogP contribution in [0.25, 0.3) is 0 Å². The Bertz CT molecular complexity index is 445. The van der Waals surface area contributed by atoms with Crippen molar-refractivity contribution in [2.45, 2.75) is 44.9 Å². The molecule has 6 heteroatoms. The zero-order valence-electron chi connectivity index (χ0n) is 10.6. The molecule has 2 atom stereocenters. The van der Waals surface area contributed by atoms with Crippen molar-refractivity contribution in [3.8, 4) is 0 Å². The Morgan fingerprint density at radius 2 is 2.50 bits per heavy atom. The SMILES string of the molecule is CCCC(=O)N1CC[C@H]2OCc3cnnn3[C@H]2C1. The van der Waals surface area contributed by atoms with E-state index in [0.717, 1.165) is 25.1 Å². The summed E-state index contributed by atoms with van der Waals surface area (Å²) in [5.41, 5.74) is 1.00. The summed E-state index contributed by atoms with van der Waals surface area (Å²) in [6, 6.07) is 0.130.